The number of likely N-dealkylation sites (N-methyl/N-ethyl adjacent to an activating group) is 1. The Morgan fingerprint density at radius 2 is 2.06 bits per heavy atom. The molecule has 0 unspecified atom stereocenters. The van der Waals surface area contributed by atoms with Gasteiger partial charge in [-0.3, -0.25) is 4.79 Å². The van der Waals surface area contributed by atoms with E-state index < -0.39 is 0 Å². The summed E-state index contributed by atoms with van der Waals surface area (Å²) in [5.74, 6) is 1.53. The molecule has 0 radical (unpaired) electrons. The molecule has 1 aliphatic heterocycles. The normalized spacial score (nSPS) is 13.2. The average Bonchev–Trinajstić information content (AvgIpc) is 2.38. The van der Waals surface area contributed by atoms with Crippen LogP contribution in [0.25, 0.3) is 0 Å². The number of ether oxygens (including phenoxy) is 2. The second-order valence-corrected chi connectivity index (χ2v) is 3.75. The van der Waals surface area contributed by atoms with Crippen LogP contribution in [0.1, 0.15) is 5.56 Å². The maximum Gasteiger partial charge on any atom is 0.233 e. The molecule has 0 aromatic heterocycles. The first-order chi connectivity index (χ1) is 8.29. The highest BCUT2D eigenvalue weighted by molar-refractivity contribution is 5.77. The van der Waals surface area contributed by atoms with Crippen molar-refractivity contribution in [2.75, 3.05) is 26.8 Å². The van der Waals surface area contributed by atoms with E-state index in [1.165, 1.54) is 0 Å². The smallest absolute Gasteiger partial charge is 0.233 e. The van der Waals surface area contributed by atoms with E-state index in [0.717, 1.165) is 17.1 Å². The van der Waals surface area contributed by atoms with E-state index in [9.17, 15) is 4.79 Å². The summed E-state index contributed by atoms with van der Waals surface area (Å²) < 4.78 is 10.9. The number of benzene rings is 1. The van der Waals surface area contributed by atoms with Gasteiger partial charge in [-0.2, -0.15) is 0 Å². The minimum absolute atomic E-state index is 0.0254. The van der Waals surface area contributed by atoms with Crippen molar-refractivity contribution in [2.45, 2.75) is 6.54 Å². The van der Waals surface area contributed by atoms with Gasteiger partial charge in [0.25, 0.3) is 0 Å². The quantitative estimate of drug-likeness (QED) is 0.789. The van der Waals surface area contributed by atoms with Crippen molar-refractivity contribution in [2.24, 2.45) is 0 Å². The van der Waals surface area contributed by atoms with Crippen molar-refractivity contribution in [1.82, 2.24) is 10.6 Å². The lowest BCUT2D eigenvalue weighted by molar-refractivity contribution is -0.119. The summed E-state index contributed by atoms with van der Waals surface area (Å²) in [4.78, 5) is 11.0. The lowest BCUT2D eigenvalue weighted by atomic mass is 10.2. The summed E-state index contributed by atoms with van der Waals surface area (Å²) in [6, 6.07) is 5.79. The number of hydrogen-bond donors (Lipinski definition) is 2. The summed E-state index contributed by atoms with van der Waals surface area (Å²) >= 11 is 0. The fourth-order valence-electron chi connectivity index (χ4n) is 1.61. The Bertz CT molecular complexity index is 407. The minimum Gasteiger partial charge on any atom is -0.486 e. The molecule has 0 saturated carbocycles. The van der Waals surface area contributed by atoms with Crippen LogP contribution in [-0.2, 0) is 11.3 Å². The van der Waals surface area contributed by atoms with Gasteiger partial charge in [-0.25, -0.2) is 0 Å². The van der Waals surface area contributed by atoms with Gasteiger partial charge in [-0.15, -0.1) is 0 Å². The molecule has 17 heavy (non-hydrogen) atoms. The number of amides is 1. The van der Waals surface area contributed by atoms with E-state index in [0.29, 0.717) is 26.3 Å². The first-order valence-electron chi connectivity index (χ1n) is 5.59. The van der Waals surface area contributed by atoms with Crippen LogP contribution >= 0.6 is 0 Å². The van der Waals surface area contributed by atoms with E-state index in [1.807, 2.05) is 18.2 Å². The number of fused-ring (bicyclic) bond motifs is 1. The molecule has 0 aliphatic carbocycles. The molecule has 0 spiro atoms. The van der Waals surface area contributed by atoms with Crippen LogP contribution in [0, 0.1) is 0 Å². The molecule has 5 heteroatoms. The van der Waals surface area contributed by atoms with Gasteiger partial charge in [0, 0.05) is 13.6 Å². The van der Waals surface area contributed by atoms with Crippen LogP contribution in [-0.4, -0.2) is 32.7 Å². The molecule has 0 fully saturated rings. The molecule has 0 atom stereocenters. The second kappa shape index (κ2) is 5.54. The van der Waals surface area contributed by atoms with Crippen LogP contribution in [0.5, 0.6) is 11.5 Å². The van der Waals surface area contributed by atoms with Crippen LogP contribution in [0.4, 0.5) is 0 Å². The zero-order valence-electron chi connectivity index (χ0n) is 9.79. The van der Waals surface area contributed by atoms with Gasteiger partial charge in [0.2, 0.25) is 5.91 Å². The highest BCUT2D eigenvalue weighted by Gasteiger charge is 2.11. The monoisotopic (exact) mass is 236 g/mol. The Labute approximate surface area is 100 Å². The van der Waals surface area contributed by atoms with Gasteiger partial charge < -0.3 is 20.1 Å². The van der Waals surface area contributed by atoms with Crippen molar-refractivity contribution in [3.63, 3.8) is 0 Å². The highest BCUT2D eigenvalue weighted by atomic mass is 16.6. The van der Waals surface area contributed by atoms with E-state index in [-0.39, 0.29) is 5.91 Å². The number of carbonyl (C=O) groups excluding carboxylic acids is 1. The first-order valence-corrected chi connectivity index (χ1v) is 5.59. The number of nitrogens with one attached hydrogen (secondary N) is 2. The molecule has 2 rings (SSSR count). The Kier molecular flexibility index (Phi) is 3.82. The molecule has 92 valence electrons. The highest BCUT2D eigenvalue weighted by Crippen LogP contribution is 2.30. The second-order valence-electron chi connectivity index (χ2n) is 3.75. The van der Waals surface area contributed by atoms with Crippen LogP contribution < -0.4 is 20.1 Å². The molecular formula is C12H16N2O3. The molecule has 0 saturated heterocycles. The van der Waals surface area contributed by atoms with Crippen molar-refractivity contribution in [1.29, 1.82) is 0 Å². The molecule has 0 bridgehead atoms. The lowest BCUT2D eigenvalue weighted by Gasteiger charge is -2.18. The molecular weight excluding hydrogens is 220 g/mol. The standard InChI is InChI=1S/C12H16N2O3/c1-13-12(15)8-14-7-9-2-3-10-11(6-9)17-5-4-16-10/h2-3,6,14H,4-5,7-8H2,1H3,(H,13,15). The van der Waals surface area contributed by atoms with Gasteiger partial charge in [0.05, 0.1) is 6.54 Å². The molecule has 1 heterocycles. The topological polar surface area (TPSA) is 59.6 Å². The van der Waals surface area contributed by atoms with Gasteiger partial charge in [-0.05, 0) is 17.7 Å². The van der Waals surface area contributed by atoms with E-state index in [4.69, 9.17) is 9.47 Å². The molecule has 2 N–H and O–H groups in total. The minimum atomic E-state index is -0.0254. The van der Waals surface area contributed by atoms with Gasteiger partial charge in [-0.1, -0.05) is 6.07 Å². The number of hydrogen-bond acceptors (Lipinski definition) is 4. The zero-order valence-corrected chi connectivity index (χ0v) is 9.79. The summed E-state index contributed by atoms with van der Waals surface area (Å²) in [6.45, 7) is 2.12. The summed E-state index contributed by atoms with van der Waals surface area (Å²) in [5, 5.41) is 5.61. The Morgan fingerprint density at radius 1 is 1.29 bits per heavy atom. The van der Waals surface area contributed by atoms with Gasteiger partial charge in [0.1, 0.15) is 13.2 Å². The van der Waals surface area contributed by atoms with Crippen LogP contribution in [0.3, 0.4) is 0 Å². The molecule has 5 nitrogen and oxygen atoms in total. The SMILES string of the molecule is CNC(=O)CNCc1ccc2c(c1)OCCO2. The van der Waals surface area contributed by atoms with Crippen LogP contribution in [0.2, 0.25) is 0 Å². The van der Waals surface area contributed by atoms with Crippen molar-refractivity contribution >= 4 is 5.91 Å². The molecule has 1 aromatic carbocycles. The fourth-order valence-corrected chi connectivity index (χ4v) is 1.61. The average molecular weight is 236 g/mol. The first kappa shape index (κ1) is 11.7. The predicted octanol–water partition coefficient (Wildman–Crippen LogP) is 0.293. The molecule has 1 amide bonds. The van der Waals surface area contributed by atoms with E-state index in [2.05, 4.69) is 10.6 Å². The summed E-state index contributed by atoms with van der Waals surface area (Å²) in [5.41, 5.74) is 1.07. The number of rotatable bonds is 4. The van der Waals surface area contributed by atoms with Gasteiger partial charge >= 0.3 is 0 Å². The lowest BCUT2D eigenvalue weighted by Crippen LogP contribution is -2.31. The molecule has 1 aromatic rings. The van der Waals surface area contributed by atoms with E-state index >= 15 is 0 Å². The van der Waals surface area contributed by atoms with Crippen LogP contribution in [0.15, 0.2) is 18.2 Å². The largest absolute Gasteiger partial charge is 0.486 e. The zero-order chi connectivity index (χ0) is 12.1. The maximum atomic E-state index is 11.0. The third kappa shape index (κ3) is 3.10. The Morgan fingerprint density at radius 3 is 2.82 bits per heavy atom. The summed E-state index contributed by atoms with van der Waals surface area (Å²) in [7, 11) is 1.62. The fraction of sp³-hybridized carbons (Fsp3) is 0.417. The Hall–Kier alpha value is -1.75. The maximum absolute atomic E-state index is 11.0. The summed E-state index contributed by atoms with van der Waals surface area (Å²) in [6.07, 6.45) is 0. The van der Waals surface area contributed by atoms with Crippen molar-refractivity contribution < 1.29 is 14.3 Å². The van der Waals surface area contributed by atoms with Crippen molar-refractivity contribution in [3.8, 4) is 11.5 Å². The third-order valence-corrected chi connectivity index (χ3v) is 2.50. The van der Waals surface area contributed by atoms with E-state index in [1.54, 1.807) is 7.05 Å². The van der Waals surface area contributed by atoms with Crippen molar-refractivity contribution in [3.05, 3.63) is 23.8 Å². The Balaban J connectivity index is 1.91. The van der Waals surface area contributed by atoms with Gasteiger partial charge in [0.15, 0.2) is 11.5 Å². The third-order valence-electron chi connectivity index (χ3n) is 2.50. The number of carbonyl (C=O) groups is 1. The predicted molar refractivity (Wildman–Crippen MR) is 63.2 cm³/mol. The molecule has 1 aliphatic rings.